The van der Waals surface area contributed by atoms with Crippen molar-refractivity contribution in [1.29, 1.82) is 0 Å². The summed E-state index contributed by atoms with van der Waals surface area (Å²) in [6.07, 6.45) is 6.99. The smallest absolute Gasteiger partial charge is 0.127 e. The molecule has 0 aromatic heterocycles. The standard InChI is InChI=1S/C22H33N3Si/c1-4-17-16-20-19(18-8-6-5-7-9-18)10-11-24-21(20)22(17)26(2,3)25-14-12-23-13-15-25/h5-11,17,20-23H,4,12-16H2,1-3H3. The molecule has 2 aliphatic heterocycles. The van der Waals surface area contributed by atoms with E-state index in [9.17, 15) is 0 Å². The predicted molar refractivity (Wildman–Crippen MR) is 114 cm³/mol. The number of nitrogens with one attached hydrogen (secondary N) is 1. The van der Waals surface area contributed by atoms with E-state index in [1.54, 1.807) is 0 Å². The molecule has 1 N–H and O–H groups in total. The van der Waals surface area contributed by atoms with Crippen LogP contribution in [0.4, 0.5) is 0 Å². The molecule has 4 heteroatoms. The first-order chi connectivity index (χ1) is 12.6. The highest BCUT2D eigenvalue weighted by Crippen LogP contribution is 2.54. The lowest BCUT2D eigenvalue weighted by atomic mass is 9.86. The number of allylic oxidation sites excluding steroid dienone is 1. The SMILES string of the molecule is CCC1CC2C(c3ccccc3)=CC=NC2C1[Si](C)(C)N1CCNCC1. The van der Waals surface area contributed by atoms with Crippen LogP contribution in [0, 0.1) is 11.8 Å². The molecule has 4 rings (SSSR count). The van der Waals surface area contributed by atoms with Gasteiger partial charge in [0, 0.05) is 38.3 Å². The fourth-order valence-corrected chi connectivity index (χ4v) is 10.3. The summed E-state index contributed by atoms with van der Waals surface area (Å²) < 4.78 is 2.86. The Balaban J connectivity index is 1.65. The Morgan fingerprint density at radius 3 is 2.58 bits per heavy atom. The third-order valence-corrected chi connectivity index (χ3v) is 11.7. The van der Waals surface area contributed by atoms with E-state index in [-0.39, 0.29) is 0 Å². The van der Waals surface area contributed by atoms with Crippen molar-refractivity contribution in [3.63, 3.8) is 0 Å². The Morgan fingerprint density at radius 2 is 1.88 bits per heavy atom. The average Bonchev–Trinajstić information content (AvgIpc) is 3.09. The van der Waals surface area contributed by atoms with E-state index in [1.165, 1.54) is 37.1 Å². The van der Waals surface area contributed by atoms with Crippen LogP contribution < -0.4 is 5.32 Å². The van der Waals surface area contributed by atoms with Crippen molar-refractivity contribution in [2.75, 3.05) is 26.2 Å². The number of nitrogens with zero attached hydrogens (tertiary/aromatic N) is 2. The number of aliphatic imine (C=N–C) groups is 1. The van der Waals surface area contributed by atoms with Gasteiger partial charge in [-0.15, -0.1) is 0 Å². The first kappa shape index (κ1) is 18.1. The molecule has 2 heterocycles. The number of benzene rings is 1. The minimum Gasteiger partial charge on any atom is -0.321 e. The molecule has 26 heavy (non-hydrogen) atoms. The van der Waals surface area contributed by atoms with Gasteiger partial charge in [-0.3, -0.25) is 4.99 Å². The first-order valence-corrected chi connectivity index (χ1v) is 13.4. The summed E-state index contributed by atoms with van der Waals surface area (Å²) in [6, 6.07) is 11.5. The lowest BCUT2D eigenvalue weighted by molar-refractivity contribution is 0.340. The van der Waals surface area contributed by atoms with Crippen LogP contribution in [0.2, 0.25) is 18.6 Å². The Morgan fingerprint density at radius 1 is 1.15 bits per heavy atom. The topological polar surface area (TPSA) is 27.6 Å². The Bertz CT molecular complexity index is 676. The monoisotopic (exact) mass is 367 g/mol. The van der Waals surface area contributed by atoms with Gasteiger partial charge in [0.25, 0.3) is 0 Å². The summed E-state index contributed by atoms with van der Waals surface area (Å²) in [5, 5.41) is 3.53. The van der Waals surface area contributed by atoms with E-state index < -0.39 is 8.24 Å². The second-order valence-corrected chi connectivity index (χ2v) is 13.3. The summed E-state index contributed by atoms with van der Waals surface area (Å²) in [7, 11) is -1.54. The summed E-state index contributed by atoms with van der Waals surface area (Å²) in [5.74, 6) is 1.41. The van der Waals surface area contributed by atoms with Crippen molar-refractivity contribution in [2.24, 2.45) is 16.8 Å². The largest absolute Gasteiger partial charge is 0.321 e. The summed E-state index contributed by atoms with van der Waals surface area (Å²) in [5.41, 5.74) is 3.68. The van der Waals surface area contributed by atoms with Crippen LogP contribution in [0.1, 0.15) is 25.3 Å². The van der Waals surface area contributed by atoms with E-state index in [0.717, 1.165) is 24.5 Å². The van der Waals surface area contributed by atoms with Crippen LogP contribution in [0.5, 0.6) is 0 Å². The Hall–Kier alpha value is -1.23. The maximum Gasteiger partial charge on any atom is 0.127 e. The highest BCUT2D eigenvalue weighted by molar-refractivity contribution is 6.76. The minimum absolute atomic E-state index is 0.483. The summed E-state index contributed by atoms with van der Waals surface area (Å²) in [4.78, 5) is 5.10. The molecule has 2 fully saturated rings. The number of dihydropyridines is 1. The lowest BCUT2D eigenvalue weighted by Crippen LogP contribution is -2.60. The van der Waals surface area contributed by atoms with Crippen LogP contribution >= 0.6 is 0 Å². The highest BCUT2D eigenvalue weighted by Gasteiger charge is 2.53. The van der Waals surface area contributed by atoms with Gasteiger partial charge in [0.05, 0.1) is 6.04 Å². The highest BCUT2D eigenvalue weighted by atomic mass is 28.3. The van der Waals surface area contributed by atoms with E-state index in [4.69, 9.17) is 4.99 Å². The molecule has 3 aliphatic rings. The molecule has 1 aliphatic carbocycles. The zero-order valence-electron chi connectivity index (χ0n) is 16.5. The van der Waals surface area contributed by atoms with Crippen molar-refractivity contribution in [3.8, 4) is 0 Å². The molecule has 4 atom stereocenters. The van der Waals surface area contributed by atoms with E-state index in [0.29, 0.717) is 12.0 Å². The average molecular weight is 368 g/mol. The normalized spacial score (nSPS) is 32.3. The first-order valence-electron chi connectivity index (χ1n) is 10.4. The number of piperazine rings is 1. The minimum atomic E-state index is -1.54. The van der Waals surface area contributed by atoms with Crippen molar-refractivity contribution < 1.29 is 0 Å². The number of hydrogen-bond donors (Lipinski definition) is 1. The van der Waals surface area contributed by atoms with Gasteiger partial charge in [-0.2, -0.15) is 0 Å². The fraction of sp³-hybridized carbons (Fsp3) is 0.591. The Labute approximate surface area is 159 Å². The van der Waals surface area contributed by atoms with Gasteiger partial charge in [0.2, 0.25) is 0 Å². The molecule has 0 bridgehead atoms. The molecule has 1 aromatic rings. The summed E-state index contributed by atoms with van der Waals surface area (Å²) >= 11 is 0. The fourth-order valence-electron chi connectivity index (χ4n) is 5.80. The second kappa shape index (κ2) is 7.41. The second-order valence-electron chi connectivity index (χ2n) is 8.70. The van der Waals surface area contributed by atoms with Crippen molar-refractivity contribution >= 4 is 20.0 Å². The van der Waals surface area contributed by atoms with E-state index in [2.05, 4.69) is 72.5 Å². The molecule has 1 aromatic carbocycles. The van der Waals surface area contributed by atoms with E-state index in [1.807, 2.05) is 0 Å². The third-order valence-electron chi connectivity index (χ3n) is 7.14. The zero-order valence-corrected chi connectivity index (χ0v) is 17.5. The van der Waals surface area contributed by atoms with Crippen LogP contribution in [0.15, 0.2) is 41.4 Å². The van der Waals surface area contributed by atoms with Gasteiger partial charge in [-0.25, -0.2) is 0 Å². The van der Waals surface area contributed by atoms with Gasteiger partial charge in [0.15, 0.2) is 0 Å². The van der Waals surface area contributed by atoms with Crippen molar-refractivity contribution in [3.05, 3.63) is 42.0 Å². The van der Waals surface area contributed by atoms with Gasteiger partial charge >= 0.3 is 0 Å². The molecular formula is C22H33N3Si. The quantitative estimate of drug-likeness (QED) is 0.813. The van der Waals surface area contributed by atoms with Gasteiger partial charge in [-0.1, -0.05) is 56.8 Å². The van der Waals surface area contributed by atoms with E-state index >= 15 is 0 Å². The molecule has 0 amide bonds. The van der Waals surface area contributed by atoms with Crippen LogP contribution in [-0.4, -0.2) is 51.2 Å². The Kier molecular flexibility index (Phi) is 5.17. The van der Waals surface area contributed by atoms with Gasteiger partial charge in [-0.05, 0) is 35.1 Å². The zero-order chi connectivity index (χ0) is 18.1. The van der Waals surface area contributed by atoms with Crippen LogP contribution in [-0.2, 0) is 0 Å². The van der Waals surface area contributed by atoms with Crippen LogP contribution in [0.25, 0.3) is 5.57 Å². The molecule has 1 saturated heterocycles. The molecule has 1 saturated carbocycles. The number of hydrogen-bond acceptors (Lipinski definition) is 3. The molecule has 0 spiro atoms. The van der Waals surface area contributed by atoms with Crippen molar-refractivity contribution in [1.82, 2.24) is 9.88 Å². The maximum atomic E-state index is 5.10. The summed E-state index contributed by atoms with van der Waals surface area (Å²) in [6.45, 7) is 12.4. The third kappa shape index (κ3) is 3.12. The van der Waals surface area contributed by atoms with Gasteiger partial charge in [0.1, 0.15) is 8.24 Å². The maximum absolute atomic E-state index is 5.10. The van der Waals surface area contributed by atoms with Crippen LogP contribution in [0.3, 0.4) is 0 Å². The number of fused-ring (bicyclic) bond motifs is 1. The molecule has 3 nitrogen and oxygen atoms in total. The number of rotatable bonds is 4. The molecule has 140 valence electrons. The molecule has 0 radical (unpaired) electrons. The van der Waals surface area contributed by atoms with Crippen molar-refractivity contribution in [2.45, 2.75) is 44.4 Å². The lowest BCUT2D eigenvalue weighted by Gasteiger charge is -2.47. The molecule has 4 unspecified atom stereocenters. The van der Waals surface area contributed by atoms with Gasteiger partial charge < -0.3 is 9.88 Å². The molecular weight excluding hydrogens is 334 g/mol. The predicted octanol–water partition coefficient (Wildman–Crippen LogP) is 4.05.